The molecule has 0 aliphatic carbocycles. The monoisotopic (exact) mass is 352 g/mol. The van der Waals surface area contributed by atoms with Crippen molar-refractivity contribution in [2.24, 2.45) is 5.92 Å². The Labute approximate surface area is 121 Å². The van der Waals surface area contributed by atoms with Crippen LogP contribution in [0.2, 0.25) is 0 Å². The van der Waals surface area contributed by atoms with Crippen molar-refractivity contribution in [1.82, 2.24) is 9.03 Å². The maximum atomic E-state index is 12.1. The molecule has 0 amide bonds. The minimum Gasteiger partial charge on any atom is -0.197 e. The van der Waals surface area contributed by atoms with Gasteiger partial charge in [0, 0.05) is 29.0 Å². The van der Waals surface area contributed by atoms with Crippen molar-refractivity contribution in [3.05, 3.63) is 20.8 Å². The fourth-order valence-corrected chi connectivity index (χ4v) is 4.92. The van der Waals surface area contributed by atoms with Gasteiger partial charge in [0.05, 0.1) is 0 Å². The number of hydrogen-bond donors (Lipinski definition) is 1. The van der Waals surface area contributed by atoms with E-state index in [0.29, 0.717) is 25.6 Å². The fraction of sp³-hybridized carbons (Fsp3) is 0.636. The van der Waals surface area contributed by atoms with Crippen molar-refractivity contribution in [2.75, 3.05) is 13.1 Å². The first-order valence-corrected chi connectivity index (χ1v) is 9.07. The van der Waals surface area contributed by atoms with E-state index in [9.17, 15) is 8.42 Å². The summed E-state index contributed by atoms with van der Waals surface area (Å²) in [6.45, 7) is 3.70. The second kappa shape index (κ2) is 6.00. The third-order valence-electron chi connectivity index (χ3n) is 3.07. The van der Waals surface area contributed by atoms with E-state index in [4.69, 9.17) is 0 Å². The van der Waals surface area contributed by atoms with Crippen LogP contribution in [0.25, 0.3) is 0 Å². The van der Waals surface area contributed by atoms with Crippen LogP contribution in [0.15, 0.2) is 15.9 Å². The van der Waals surface area contributed by atoms with Crippen LogP contribution in [0, 0.1) is 5.92 Å². The number of halogens is 1. The van der Waals surface area contributed by atoms with Gasteiger partial charge in [0.15, 0.2) is 0 Å². The minimum atomic E-state index is -3.34. The number of nitrogens with zero attached hydrogens (tertiary/aromatic N) is 1. The first kappa shape index (κ1) is 14.5. The lowest BCUT2D eigenvalue weighted by Crippen LogP contribution is -2.45. The maximum absolute atomic E-state index is 12.1. The van der Waals surface area contributed by atoms with Gasteiger partial charge in [-0.1, -0.05) is 6.92 Å². The van der Waals surface area contributed by atoms with E-state index in [1.54, 1.807) is 15.6 Å². The molecular formula is C11H17BrN2O2S2. The zero-order chi connectivity index (χ0) is 13.2. The smallest absolute Gasteiger partial charge is 0.197 e. The lowest BCUT2D eigenvalue weighted by molar-refractivity contribution is 0.278. The molecule has 0 spiro atoms. The van der Waals surface area contributed by atoms with Crippen molar-refractivity contribution in [3.63, 3.8) is 0 Å². The van der Waals surface area contributed by atoms with Crippen molar-refractivity contribution in [3.8, 4) is 0 Å². The minimum absolute atomic E-state index is 0.353. The van der Waals surface area contributed by atoms with E-state index in [1.165, 1.54) is 0 Å². The van der Waals surface area contributed by atoms with Gasteiger partial charge in [0.25, 0.3) is 10.2 Å². The summed E-state index contributed by atoms with van der Waals surface area (Å²) in [6.07, 6.45) is 2.06. The van der Waals surface area contributed by atoms with E-state index in [2.05, 4.69) is 27.6 Å². The van der Waals surface area contributed by atoms with Crippen LogP contribution in [0.3, 0.4) is 0 Å². The molecule has 0 aromatic carbocycles. The van der Waals surface area contributed by atoms with Crippen LogP contribution in [0.4, 0.5) is 0 Å². The number of nitrogens with one attached hydrogen (secondary N) is 1. The summed E-state index contributed by atoms with van der Waals surface area (Å²) in [5.41, 5.74) is 0. The molecule has 1 saturated heterocycles. The molecule has 1 aromatic heterocycles. The average molecular weight is 353 g/mol. The Morgan fingerprint density at radius 3 is 3.00 bits per heavy atom. The largest absolute Gasteiger partial charge is 0.279 e. The molecule has 1 aromatic rings. The SMILES string of the molecule is CC1CCCN(S(=O)(=O)NCc2sccc2Br)C1. The molecule has 1 unspecified atom stereocenters. The lowest BCUT2D eigenvalue weighted by atomic mass is 10.0. The standard InChI is InChI=1S/C11H17BrN2O2S2/c1-9-3-2-5-14(8-9)18(15,16)13-7-11-10(12)4-6-17-11/h4,6,9,13H,2-3,5,7-8H2,1H3. The van der Waals surface area contributed by atoms with Crippen LogP contribution < -0.4 is 4.72 Å². The Bertz CT molecular complexity index is 501. The molecule has 2 rings (SSSR count). The molecule has 1 atom stereocenters. The number of piperidine rings is 1. The summed E-state index contributed by atoms with van der Waals surface area (Å²) in [5.74, 6) is 0.448. The predicted octanol–water partition coefficient (Wildman–Crippen LogP) is 2.58. The summed E-state index contributed by atoms with van der Waals surface area (Å²) in [7, 11) is -3.34. The van der Waals surface area contributed by atoms with Gasteiger partial charge in [0.2, 0.25) is 0 Å². The Morgan fingerprint density at radius 1 is 1.61 bits per heavy atom. The zero-order valence-electron chi connectivity index (χ0n) is 10.2. The zero-order valence-corrected chi connectivity index (χ0v) is 13.4. The Morgan fingerprint density at radius 2 is 2.39 bits per heavy atom. The van der Waals surface area contributed by atoms with E-state index in [1.807, 2.05) is 11.4 Å². The van der Waals surface area contributed by atoms with E-state index in [0.717, 1.165) is 22.2 Å². The van der Waals surface area contributed by atoms with Crippen molar-refractivity contribution >= 4 is 37.5 Å². The number of hydrogen-bond acceptors (Lipinski definition) is 3. The van der Waals surface area contributed by atoms with Crippen molar-refractivity contribution in [1.29, 1.82) is 0 Å². The summed E-state index contributed by atoms with van der Waals surface area (Å²) in [5, 5.41) is 1.94. The topological polar surface area (TPSA) is 49.4 Å². The molecule has 1 aliphatic rings. The molecule has 0 saturated carbocycles. The van der Waals surface area contributed by atoms with Gasteiger partial charge in [-0.25, -0.2) is 0 Å². The highest BCUT2D eigenvalue weighted by molar-refractivity contribution is 9.10. The van der Waals surface area contributed by atoms with Gasteiger partial charge in [-0.05, 0) is 46.1 Å². The predicted molar refractivity (Wildman–Crippen MR) is 77.7 cm³/mol. The molecule has 102 valence electrons. The van der Waals surface area contributed by atoms with Gasteiger partial charge in [-0.3, -0.25) is 0 Å². The number of thiophene rings is 1. The Kier molecular flexibility index (Phi) is 4.82. The highest BCUT2D eigenvalue weighted by atomic mass is 79.9. The first-order valence-electron chi connectivity index (χ1n) is 5.95. The maximum Gasteiger partial charge on any atom is 0.279 e. The summed E-state index contributed by atoms with van der Waals surface area (Å²) >= 11 is 4.95. The molecule has 1 N–H and O–H groups in total. The van der Waals surface area contributed by atoms with Crippen molar-refractivity contribution < 1.29 is 8.42 Å². The molecule has 4 nitrogen and oxygen atoms in total. The third-order valence-corrected chi connectivity index (χ3v) is 6.51. The fourth-order valence-electron chi connectivity index (χ4n) is 2.06. The van der Waals surface area contributed by atoms with Gasteiger partial charge < -0.3 is 0 Å². The molecular weight excluding hydrogens is 336 g/mol. The van der Waals surface area contributed by atoms with Crippen molar-refractivity contribution in [2.45, 2.75) is 26.3 Å². The van der Waals surface area contributed by atoms with Crippen LogP contribution in [-0.2, 0) is 16.8 Å². The molecule has 1 aliphatic heterocycles. The average Bonchev–Trinajstić information content (AvgIpc) is 2.72. The molecule has 0 bridgehead atoms. The van der Waals surface area contributed by atoms with E-state index in [-0.39, 0.29) is 0 Å². The first-order chi connectivity index (χ1) is 8.49. The normalized spacial score (nSPS) is 22.2. The third kappa shape index (κ3) is 3.54. The molecule has 0 radical (unpaired) electrons. The lowest BCUT2D eigenvalue weighted by Gasteiger charge is -2.29. The van der Waals surface area contributed by atoms with E-state index < -0.39 is 10.2 Å². The van der Waals surface area contributed by atoms with Crippen LogP contribution in [0.5, 0.6) is 0 Å². The molecule has 2 heterocycles. The second-order valence-corrected chi connectivity index (χ2v) is 8.23. The number of rotatable bonds is 4. The van der Waals surface area contributed by atoms with E-state index >= 15 is 0 Å². The Hall–Kier alpha value is 0.0500. The van der Waals surface area contributed by atoms with Crippen LogP contribution >= 0.6 is 27.3 Å². The van der Waals surface area contributed by atoms with Gasteiger partial charge >= 0.3 is 0 Å². The summed E-state index contributed by atoms with van der Waals surface area (Å²) in [4.78, 5) is 1.00. The quantitative estimate of drug-likeness (QED) is 0.905. The highest BCUT2D eigenvalue weighted by Crippen LogP contribution is 2.23. The van der Waals surface area contributed by atoms with Crippen LogP contribution in [-0.4, -0.2) is 25.8 Å². The van der Waals surface area contributed by atoms with Gasteiger partial charge in [-0.15, -0.1) is 11.3 Å². The van der Waals surface area contributed by atoms with Crippen LogP contribution in [0.1, 0.15) is 24.6 Å². The summed E-state index contributed by atoms with van der Waals surface area (Å²) < 4.78 is 29.5. The Balaban J connectivity index is 1.97. The van der Waals surface area contributed by atoms with Gasteiger partial charge in [0.1, 0.15) is 0 Å². The summed E-state index contributed by atoms with van der Waals surface area (Å²) in [6, 6.07) is 1.93. The second-order valence-electron chi connectivity index (χ2n) is 4.62. The molecule has 18 heavy (non-hydrogen) atoms. The molecule has 1 fully saturated rings. The van der Waals surface area contributed by atoms with Gasteiger partial charge in [-0.2, -0.15) is 17.4 Å². The molecule has 7 heteroatoms. The highest BCUT2D eigenvalue weighted by Gasteiger charge is 2.26.